The third-order valence-corrected chi connectivity index (χ3v) is 5.99. The molecule has 0 saturated carbocycles. The van der Waals surface area contributed by atoms with Crippen LogP contribution in [-0.4, -0.2) is 35.0 Å². The highest BCUT2D eigenvalue weighted by atomic mass is 33.1. The molecule has 1 heterocycles. The lowest BCUT2D eigenvalue weighted by Gasteiger charge is -2.06. The van der Waals surface area contributed by atoms with E-state index in [1.165, 1.54) is 0 Å². The first-order valence-corrected chi connectivity index (χ1v) is 11.5. The highest BCUT2D eigenvalue weighted by Crippen LogP contribution is 2.23. The summed E-state index contributed by atoms with van der Waals surface area (Å²) in [5.74, 6) is 0.417. The lowest BCUT2D eigenvalue weighted by Crippen LogP contribution is -2.12. The Labute approximate surface area is 176 Å². The van der Waals surface area contributed by atoms with Gasteiger partial charge in [-0.05, 0) is 48.7 Å². The number of hydrogen-bond acceptors (Lipinski definition) is 6. The minimum atomic E-state index is -0.304. The number of amides is 2. The fraction of sp³-hybridized carbons (Fsp3) is 0.150. The average Bonchev–Trinajstić information content (AvgIpc) is 3.13. The first-order valence-electron chi connectivity index (χ1n) is 8.79. The first kappa shape index (κ1) is 20.8. The van der Waals surface area contributed by atoms with Crippen LogP contribution in [0.2, 0.25) is 0 Å². The van der Waals surface area contributed by atoms with Crippen LogP contribution in [0.4, 0.5) is 17.1 Å². The van der Waals surface area contributed by atoms with Crippen LogP contribution in [-0.2, 0) is 4.79 Å². The van der Waals surface area contributed by atoms with E-state index in [1.54, 1.807) is 51.9 Å². The van der Waals surface area contributed by atoms with Crippen LogP contribution >= 0.6 is 21.6 Å². The summed E-state index contributed by atoms with van der Waals surface area (Å²) in [6.45, 7) is 0. The number of aromatic amines is 1. The molecule has 7 nitrogen and oxygen atoms in total. The fourth-order valence-corrected chi connectivity index (χ4v) is 3.94. The van der Waals surface area contributed by atoms with Crippen LogP contribution in [0.25, 0.3) is 10.9 Å². The summed E-state index contributed by atoms with van der Waals surface area (Å²) in [7, 11) is 3.28. The second kappa shape index (κ2) is 9.53. The van der Waals surface area contributed by atoms with E-state index in [2.05, 4.69) is 15.6 Å². The second-order valence-electron chi connectivity index (χ2n) is 6.21. The maximum atomic E-state index is 12.6. The summed E-state index contributed by atoms with van der Waals surface area (Å²) in [5, 5.41) is 13.9. The van der Waals surface area contributed by atoms with Gasteiger partial charge in [-0.2, -0.15) is 0 Å². The number of aromatic nitrogens is 1. The quantitative estimate of drug-likeness (QED) is 0.158. The molecule has 0 radical (unpaired) electrons. The van der Waals surface area contributed by atoms with Crippen molar-refractivity contribution in [2.24, 2.45) is 0 Å². The third kappa shape index (κ3) is 5.33. The third-order valence-electron chi connectivity index (χ3n) is 4.18. The fourth-order valence-electron chi connectivity index (χ4n) is 2.75. The Balaban J connectivity index is 1.71. The smallest absolute Gasteiger partial charge is 0.272 e. The maximum absolute atomic E-state index is 12.6. The first-order chi connectivity index (χ1) is 14.0. The minimum Gasteiger partial charge on any atom is -0.398 e. The topological polar surface area (TPSA) is 124 Å². The molecule has 0 saturated heterocycles. The van der Waals surface area contributed by atoms with Crippen LogP contribution in [0.5, 0.6) is 0 Å². The number of nitrogens with one attached hydrogen (secondary N) is 4. The zero-order chi connectivity index (χ0) is 20.8. The lowest BCUT2D eigenvalue weighted by molar-refractivity contribution is -0.115. The molecule has 9 heteroatoms. The van der Waals surface area contributed by atoms with Gasteiger partial charge in [-0.15, -0.1) is 0 Å². The lowest BCUT2D eigenvalue weighted by atomic mass is 10.1. The minimum absolute atomic E-state index is 0.0373. The van der Waals surface area contributed by atoms with Crippen molar-refractivity contribution in [2.45, 2.75) is 6.42 Å². The van der Waals surface area contributed by atoms with E-state index >= 15 is 0 Å². The number of anilines is 3. The van der Waals surface area contributed by atoms with Crippen LogP contribution in [0.3, 0.4) is 0 Å². The Bertz CT molecular complexity index is 1060. The van der Waals surface area contributed by atoms with Crippen molar-refractivity contribution in [3.05, 3.63) is 53.7 Å². The number of H-pyrrole nitrogens is 1. The van der Waals surface area contributed by atoms with E-state index in [4.69, 9.17) is 11.1 Å². The Morgan fingerprint density at radius 3 is 2.66 bits per heavy atom. The average molecular weight is 428 g/mol. The van der Waals surface area contributed by atoms with Crippen molar-refractivity contribution in [1.29, 1.82) is 5.41 Å². The van der Waals surface area contributed by atoms with Crippen molar-refractivity contribution in [2.75, 3.05) is 28.4 Å². The number of nitrogens with two attached hydrogens (primary N) is 1. The molecule has 1 aromatic heterocycles. The second-order valence-corrected chi connectivity index (χ2v) is 8.90. The number of carbonyl (C=O) groups excluding carboxylic acids is 2. The molecule has 0 spiro atoms. The summed E-state index contributed by atoms with van der Waals surface area (Å²) in [4.78, 5) is 27.6. The van der Waals surface area contributed by atoms with Crippen molar-refractivity contribution in [3.63, 3.8) is 0 Å². The van der Waals surface area contributed by atoms with Gasteiger partial charge in [-0.3, -0.25) is 9.59 Å². The number of rotatable bonds is 8. The molecular weight excluding hydrogens is 406 g/mol. The van der Waals surface area contributed by atoms with Crippen LogP contribution in [0, 0.1) is 5.41 Å². The van der Waals surface area contributed by atoms with Crippen molar-refractivity contribution in [3.8, 4) is 0 Å². The van der Waals surface area contributed by atoms with Gasteiger partial charge in [-0.1, -0.05) is 21.6 Å². The van der Waals surface area contributed by atoms with Gasteiger partial charge in [0.15, 0.2) is 0 Å². The van der Waals surface area contributed by atoms with Gasteiger partial charge in [0.05, 0.1) is 0 Å². The summed E-state index contributed by atoms with van der Waals surface area (Å²) >= 11 is 0. The Morgan fingerprint density at radius 1 is 1.14 bits per heavy atom. The van der Waals surface area contributed by atoms with Gasteiger partial charge in [0.2, 0.25) is 5.91 Å². The molecule has 2 amide bonds. The van der Waals surface area contributed by atoms with Crippen molar-refractivity contribution in [1.82, 2.24) is 4.98 Å². The maximum Gasteiger partial charge on any atom is 0.272 e. The number of carbonyl (C=O) groups is 2. The Kier molecular flexibility index (Phi) is 6.84. The summed E-state index contributed by atoms with van der Waals surface area (Å²) in [5.41, 5.74) is 9.22. The van der Waals surface area contributed by atoms with Crippen molar-refractivity contribution < 1.29 is 9.59 Å². The number of nitrogen functional groups attached to an aromatic ring is 1. The normalized spacial score (nSPS) is 10.7. The van der Waals surface area contributed by atoms with E-state index in [9.17, 15) is 9.59 Å². The highest BCUT2D eigenvalue weighted by molar-refractivity contribution is 8.76. The zero-order valence-corrected chi connectivity index (χ0v) is 17.4. The SMILES string of the molecule is CSSCCC(=O)Nc1ccc2[nH]c(C(=O)Nc3ccc(N)c(C=N)c3)cc2c1. The molecule has 0 aliphatic rings. The van der Waals surface area contributed by atoms with Gasteiger partial charge < -0.3 is 26.8 Å². The van der Waals surface area contributed by atoms with Crippen molar-refractivity contribution >= 4 is 67.6 Å². The monoisotopic (exact) mass is 427 g/mol. The molecule has 29 heavy (non-hydrogen) atoms. The number of fused-ring (bicyclic) bond motifs is 1. The largest absolute Gasteiger partial charge is 0.398 e. The molecule has 0 aliphatic carbocycles. The van der Waals surface area contributed by atoms with Gasteiger partial charge in [0.25, 0.3) is 5.91 Å². The van der Waals surface area contributed by atoms with Crippen LogP contribution < -0.4 is 16.4 Å². The van der Waals surface area contributed by atoms with Gasteiger partial charge >= 0.3 is 0 Å². The van der Waals surface area contributed by atoms with E-state index in [0.717, 1.165) is 22.9 Å². The molecule has 6 N–H and O–H groups in total. The van der Waals surface area contributed by atoms with Gasteiger partial charge in [0.1, 0.15) is 5.69 Å². The molecule has 0 aliphatic heterocycles. The molecule has 0 bridgehead atoms. The summed E-state index contributed by atoms with van der Waals surface area (Å²) in [6.07, 6.45) is 3.57. The van der Waals surface area contributed by atoms with Crippen LogP contribution in [0.1, 0.15) is 22.5 Å². The molecule has 2 aromatic carbocycles. The van der Waals surface area contributed by atoms with Gasteiger partial charge in [-0.25, -0.2) is 0 Å². The predicted molar refractivity (Wildman–Crippen MR) is 124 cm³/mol. The van der Waals surface area contributed by atoms with Crippen LogP contribution in [0.15, 0.2) is 42.5 Å². The highest BCUT2D eigenvalue weighted by Gasteiger charge is 2.12. The van der Waals surface area contributed by atoms with E-state index in [1.807, 2.05) is 18.4 Å². The Hall–Kier alpha value is -2.91. The van der Waals surface area contributed by atoms with E-state index < -0.39 is 0 Å². The van der Waals surface area contributed by atoms with E-state index in [0.29, 0.717) is 34.7 Å². The molecule has 0 fully saturated rings. The zero-order valence-electron chi connectivity index (χ0n) is 15.7. The Morgan fingerprint density at radius 2 is 1.90 bits per heavy atom. The summed E-state index contributed by atoms with van der Waals surface area (Å²) < 4.78 is 0. The van der Waals surface area contributed by atoms with Gasteiger partial charge in [0, 0.05) is 51.9 Å². The molecule has 150 valence electrons. The predicted octanol–water partition coefficient (Wildman–Crippen LogP) is 4.34. The molecular formula is C20H21N5O2S2. The molecule has 3 aromatic rings. The molecule has 3 rings (SSSR count). The summed E-state index contributed by atoms with van der Waals surface area (Å²) in [6, 6.07) is 12.2. The number of benzene rings is 2. The molecule has 0 unspecified atom stereocenters. The standard InChI is InChI=1S/C20H21N5O2S2/c1-28-29-7-6-19(26)23-14-3-5-17-12(8-14)10-18(25-17)20(27)24-15-2-4-16(22)13(9-15)11-21/h2-5,8-11,21,25H,6-7,22H2,1H3,(H,23,26)(H,24,27). The van der Waals surface area contributed by atoms with E-state index in [-0.39, 0.29) is 11.8 Å². The number of hydrogen-bond donors (Lipinski definition) is 5. The molecule has 0 atom stereocenters.